The van der Waals surface area contributed by atoms with Crippen LogP contribution in [-0.4, -0.2) is 20.3 Å². The molecular formula is C13H18BrNO2. The van der Waals surface area contributed by atoms with Crippen molar-refractivity contribution in [3.63, 3.8) is 0 Å². The van der Waals surface area contributed by atoms with Gasteiger partial charge in [0.05, 0.1) is 13.7 Å². The van der Waals surface area contributed by atoms with Crippen molar-refractivity contribution in [1.82, 2.24) is 5.32 Å². The van der Waals surface area contributed by atoms with E-state index in [0.29, 0.717) is 6.61 Å². The van der Waals surface area contributed by atoms with Gasteiger partial charge in [-0.05, 0) is 24.6 Å². The summed E-state index contributed by atoms with van der Waals surface area (Å²) in [4.78, 5) is 0. The molecule has 0 aromatic heterocycles. The van der Waals surface area contributed by atoms with Crippen LogP contribution in [0.1, 0.15) is 12.5 Å². The van der Waals surface area contributed by atoms with Gasteiger partial charge in [-0.1, -0.05) is 28.6 Å². The van der Waals surface area contributed by atoms with E-state index in [2.05, 4.69) is 27.8 Å². The topological polar surface area (TPSA) is 30.5 Å². The van der Waals surface area contributed by atoms with Gasteiger partial charge in [-0.2, -0.15) is 0 Å². The third-order valence-corrected chi connectivity index (χ3v) is 2.45. The fourth-order valence-corrected chi connectivity index (χ4v) is 1.64. The number of rotatable bonds is 7. The summed E-state index contributed by atoms with van der Waals surface area (Å²) in [6.07, 6.45) is 0. The summed E-state index contributed by atoms with van der Waals surface area (Å²) < 4.78 is 11.7. The maximum Gasteiger partial charge on any atom is 0.161 e. The van der Waals surface area contributed by atoms with Gasteiger partial charge in [0.15, 0.2) is 11.5 Å². The summed E-state index contributed by atoms with van der Waals surface area (Å²) in [6.45, 7) is 7.88. The van der Waals surface area contributed by atoms with Crippen LogP contribution in [-0.2, 0) is 6.54 Å². The Kier molecular flexibility index (Phi) is 6.08. The monoisotopic (exact) mass is 299 g/mol. The molecule has 0 unspecified atom stereocenters. The van der Waals surface area contributed by atoms with Crippen molar-refractivity contribution in [1.29, 1.82) is 0 Å². The van der Waals surface area contributed by atoms with Gasteiger partial charge in [0.2, 0.25) is 0 Å². The molecule has 0 saturated carbocycles. The van der Waals surface area contributed by atoms with E-state index in [0.717, 1.165) is 34.6 Å². The Morgan fingerprint density at radius 1 is 1.41 bits per heavy atom. The Labute approximate surface area is 111 Å². The second-order valence-corrected chi connectivity index (χ2v) is 4.66. The van der Waals surface area contributed by atoms with Gasteiger partial charge in [-0.3, -0.25) is 0 Å². The molecule has 0 aliphatic heterocycles. The highest BCUT2D eigenvalue weighted by Gasteiger charge is 2.04. The van der Waals surface area contributed by atoms with Crippen LogP contribution in [0.2, 0.25) is 0 Å². The van der Waals surface area contributed by atoms with Crippen LogP contribution in [0.15, 0.2) is 29.3 Å². The number of nitrogens with one attached hydrogen (secondary N) is 1. The smallest absolute Gasteiger partial charge is 0.161 e. The fraction of sp³-hybridized carbons (Fsp3) is 0.385. The van der Waals surface area contributed by atoms with Gasteiger partial charge in [-0.15, -0.1) is 0 Å². The highest BCUT2D eigenvalue weighted by molar-refractivity contribution is 9.11. The van der Waals surface area contributed by atoms with Crippen molar-refractivity contribution in [3.05, 3.63) is 34.8 Å². The van der Waals surface area contributed by atoms with Crippen LogP contribution in [0.25, 0.3) is 0 Å². The maximum atomic E-state index is 5.46. The fourth-order valence-electron chi connectivity index (χ4n) is 1.44. The first kappa shape index (κ1) is 14.1. The third kappa shape index (κ3) is 4.79. The van der Waals surface area contributed by atoms with Gasteiger partial charge in [-0.25, -0.2) is 0 Å². The quantitative estimate of drug-likeness (QED) is 0.839. The molecule has 0 radical (unpaired) electrons. The van der Waals surface area contributed by atoms with E-state index in [1.54, 1.807) is 7.11 Å². The van der Waals surface area contributed by atoms with Crippen LogP contribution < -0.4 is 14.8 Å². The van der Waals surface area contributed by atoms with Gasteiger partial charge in [0, 0.05) is 17.6 Å². The molecule has 0 aliphatic rings. The first-order valence-electron chi connectivity index (χ1n) is 5.51. The molecule has 17 heavy (non-hydrogen) atoms. The molecule has 0 fully saturated rings. The molecule has 1 N–H and O–H groups in total. The summed E-state index contributed by atoms with van der Waals surface area (Å²) in [5.74, 6) is 1.55. The van der Waals surface area contributed by atoms with E-state index >= 15 is 0 Å². The van der Waals surface area contributed by atoms with Gasteiger partial charge < -0.3 is 14.8 Å². The van der Waals surface area contributed by atoms with Gasteiger partial charge >= 0.3 is 0 Å². The first-order chi connectivity index (χ1) is 8.17. The lowest BCUT2D eigenvalue weighted by Gasteiger charge is -2.11. The predicted octanol–water partition coefficient (Wildman–Crippen LogP) is 3.09. The second-order valence-electron chi connectivity index (χ2n) is 3.54. The molecule has 3 nitrogen and oxygen atoms in total. The van der Waals surface area contributed by atoms with Crippen molar-refractivity contribution in [2.75, 3.05) is 20.3 Å². The zero-order valence-electron chi connectivity index (χ0n) is 10.3. The lowest BCUT2D eigenvalue weighted by Crippen LogP contribution is -2.14. The predicted molar refractivity (Wildman–Crippen MR) is 73.9 cm³/mol. The Hall–Kier alpha value is -1.00. The number of hydrogen-bond acceptors (Lipinski definition) is 3. The molecule has 94 valence electrons. The summed E-state index contributed by atoms with van der Waals surface area (Å²) in [6, 6.07) is 5.94. The highest BCUT2D eigenvalue weighted by Crippen LogP contribution is 2.27. The lowest BCUT2D eigenvalue weighted by atomic mass is 10.2. The average molecular weight is 300 g/mol. The van der Waals surface area contributed by atoms with Gasteiger partial charge in [0.25, 0.3) is 0 Å². The zero-order valence-corrected chi connectivity index (χ0v) is 11.8. The van der Waals surface area contributed by atoms with Crippen molar-refractivity contribution in [3.8, 4) is 11.5 Å². The first-order valence-corrected chi connectivity index (χ1v) is 6.30. The van der Waals surface area contributed by atoms with Crippen LogP contribution >= 0.6 is 15.9 Å². The highest BCUT2D eigenvalue weighted by atomic mass is 79.9. The van der Waals surface area contributed by atoms with Crippen LogP contribution in [0.4, 0.5) is 0 Å². The Morgan fingerprint density at radius 3 is 2.76 bits per heavy atom. The molecule has 1 aromatic carbocycles. The van der Waals surface area contributed by atoms with E-state index in [1.807, 2.05) is 25.1 Å². The van der Waals surface area contributed by atoms with E-state index in [1.165, 1.54) is 0 Å². The standard InChI is InChI=1S/C13H18BrNO2/c1-4-17-12-6-5-11(7-13(12)16-3)9-15-8-10(2)14/h5-7,15H,2,4,8-9H2,1,3H3. The molecule has 0 spiro atoms. The number of benzene rings is 1. The second kappa shape index (κ2) is 7.35. The molecule has 1 rings (SSSR count). The molecule has 0 aliphatic carbocycles. The van der Waals surface area contributed by atoms with Gasteiger partial charge in [0.1, 0.15) is 0 Å². The summed E-state index contributed by atoms with van der Waals surface area (Å²) in [7, 11) is 1.65. The molecule has 0 amide bonds. The third-order valence-electron chi connectivity index (χ3n) is 2.17. The molecule has 0 saturated heterocycles. The number of ether oxygens (including phenoxy) is 2. The van der Waals surface area contributed by atoms with E-state index in [9.17, 15) is 0 Å². The number of methoxy groups -OCH3 is 1. The van der Waals surface area contributed by atoms with Crippen molar-refractivity contribution in [2.45, 2.75) is 13.5 Å². The van der Waals surface area contributed by atoms with E-state index in [4.69, 9.17) is 9.47 Å². The van der Waals surface area contributed by atoms with Crippen LogP contribution in [0.5, 0.6) is 11.5 Å². The Morgan fingerprint density at radius 2 is 2.18 bits per heavy atom. The lowest BCUT2D eigenvalue weighted by molar-refractivity contribution is 0.310. The molecule has 1 aromatic rings. The number of hydrogen-bond donors (Lipinski definition) is 1. The van der Waals surface area contributed by atoms with Crippen molar-refractivity contribution < 1.29 is 9.47 Å². The minimum absolute atomic E-state index is 0.636. The Bertz CT molecular complexity index is 380. The molecule has 0 bridgehead atoms. The molecule has 4 heteroatoms. The minimum atomic E-state index is 0.636. The van der Waals surface area contributed by atoms with Crippen LogP contribution in [0.3, 0.4) is 0 Å². The summed E-state index contributed by atoms with van der Waals surface area (Å²) >= 11 is 3.31. The SMILES string of the molecule is C=C(Br)CNCc1ccc(OCC)c(OC)c1. The van der Waals surface area contributed by atoms with E-state index in [-0.39, 0.29) is 0 Å². The Balaban J connectivity index is 2.65. The summed E-state index contributed by atoms with van der Waals surface area (Å²) in [5.41, 5.74) is 1.15. The normalized spacial score (nSPS) is 10.1. The zero-order chi connectivity index (χ0) is 12.7. The minimum Gasteiger partial charge on any atom is -0.493 e. The molecule has 0 heterocycles. The van der Waals surface area contributed by atoms with Crippen molar-refractivity contribution >= 4 is 15.9 Å². The van der Waals surface area contributed by atoms with Crippen LogP contribution in [0, 0.1) is 0 Å². The number of halogens is 1. The molecular weight excluding hydrogens is 282 g/mol. The largest absolute Gasteiger partial charge is 0.493 e. The van der Waals surface area contributed by atoms with Crippen molar-refractivity contribution in [2.24, 2.45) is 0 Å². The maximum absolute atomic E-state index is 5.46. The summed E-state index contributed by atoms with van der Waals surface area (Å²) in [5, 5.41) is 3.26. The molecule has 0 atom stereocenters. The average Bonchev–Trinajstić information content (AvgIpc) is 2.30. The van der Waals surface area contributed by atoms with E-state index < -0.39 is 0 Å².